The first-order chi connectivity index (χ1) is 16.6. The van der Waals surface area contributed by atoms with Gasteiger partial charge in [-0.05, 0) is 90.0 Å². The highest BCUT2D eigenvalue weighted by Gasteiger charge is 2.15. The fourth-order valence-corrected chi connectivity index (χ4v) is 5.28. The first-order valence-corrected chi connectivity index (χ1v) is 11.9. The zero-order valence-electron chi connectivity index (χ0n) is 19.8. The SMILES string of the molecule is Cc1cccc(-c2cccc(-c3ccc4c(c3)c3ccccc3n4-c3ccccc3)c2C)c1C. The number of aryl methyl sites for hydroxylation is 1. The van der Waals surface area contributed by atoms with Crippen molar-refractivity contribution in [1.29, 1.82) is 0 Å². The van der Waals surface area contributed by atoms with Gasteiger partial charge in [0.05, 0.1) is 11.0 Å². The Morgan fingerprint density at radius 1 is 0.471 bits per heavy atom. The van der Waals surface area contributed by atoms with Crippen LogP contribution in [0.25, 0.3) is 49.7 Å². The first kappa shape index (κ1) is 20.5. The predicted molar refractivity (Wildman–Crippen MR) is 146 cm³/mol. The number of aromatic nitrogens is 1. The van der Waals surface area contributed by atoms with Gasteiger partial charge in [0.1, 0.15) is 0 Å². The molecule has 6 rings (SSSR count). The first-order valence-electron chi connectivity index (χ1n) is 11.9. The molecular weight excluding hydrogens is 410 g/mol. The number of hydrogen-bond donors (Lipinski definition) is 0. The molecule has 164 valence electrons. The topological polar surface area (TPSA) is 4.93 Å². The van der Waals surface area contributed by atoms with E-state index in [0.29, 0.717) is 0 Å². The van der Waals surface area contributed by atoms with Crippen molar-refractivity contribution in [2.75, 3.05) is 0 Å². The van der Waals surface area contributed by atoms with Crippen LogP contribution in [0.4, 0.5) is 0 Å². The second-order valence-electron chi connectivity index (χ2n) is 9.15. The maximum absolute atomic E-state index is 2.37. The van der Waals surface area contributed by atoms with Crippen molar-refractivity contribution in [2.24, 2.45) is 0 Å². The normalized spacial score (nSPS) is 11.4. The van der Waals surface area contributed by atoms with E-state index in [1.807, 2.05) is 0 Å². The third-order valence-electron chi connectivity index (χ3n) is 7.23. The van der Waals surface area contributed by atoms with E-state index >= 15 is 0 Å². The molecule has 0 saturated carbocycles. The second-order valence-corrected chi connectivity index (χ2v) is 9.15. The summed E-state index contributed by atoms with van der Waals surface area (Å²) in [5.41, 5.74) is 12.8. The Morgan fingerprint density at radius 2 is 1.12 bits per heavy atom. The minimum Gasteiger partial charge on any atom is -0.309 e. The standard InChI is InChI=1S/C33H27N/c1-22-11-9-16-28(23(22)2)29-17-10-15-27(24(29)3)25-19-20-33-31(21-25)30-14-7-8-18-32(30)34(33)26-12-5-4-6-13-26/h4-21H,1-3H3. The summed E-state index contributed by atoms with van der Waals surface area (Å²) in [4.78, 5) is 0. The Hall–Kier alpha value is -4.10. The van der Waals surface area contributed by atoms with Gasteiger partial charge in [0, 0.05) is 16.5 Å². The van der Waals surface area contributed by atoms with Gasteiger partial charge in [-0.25, -0.2) is 0 Å². The highest BCUT2D eigenvalue weighted by Crippen LogP contribution is 2.38. The fourth-order valence-electron chi connectivity index (χ4n) is 5.28. The number of nitrogens with zero attached hydrogens (tertiary/aromatic N) is 1. The Balaban J connectivity index is 1.58. The highest BCUT2D eigenvalue weighted by atomic mass is 15.0. The van der Waals surface area contributed by atoms with Gasteiger partial charge in [-0.1, -0.05) is 78.9 Å². The van der Waals surface area contributed by atoms with Gasteiger partial charge in [0.2, 0.25) is 0 Å². The third-order valence-corrected chi connectivity index (χ3v) is 7.23. The molecule has 6 aromatic rings. The van der Waals surface area contributed by atoms with E-state index in [2.05, 4.69) is 135 Å². The van der Waals surface area contributed by atoms with E-state index in [9.17, 15) is 0 Å². The van der Waals surface area contributed by atoms with Crippen molar-refractivity contribution in [3.8, 4) is 27.9 Å². The van der Waals surface area contributed by atoms with Gasteiger partial charge in [-0.3, -0.25) is 0 Å². The van der Waals surface area contributed by atoms with Crippen LogP contribution in [0.2, 0.25) is 0 Å². The molecule has 1 heterocycles. The Bertz CT molecular complexity index is 1670. The van der Waals surface area contributed by atoms with Crippen molar-refractivity contribution in [3.05, 3.63) is 126 Å². The molecule has 0 bridgehead atoms. The molecule has 0 amide bonds. The lowest BCUT2D eigenvalue weighted by Gasteiger charge is -2.15. The van der Waals surface area contributed by atoms with Crippen molar-refractivity contribution < 1.29 is 0 Å². The zero-order valence-corrected chi connectivity index (χ0v) is 19.8. The van der Waals surface area contributed by atoms with Gasteiger partial charge in [-0.2, -0.15) is 0 Å². The number of para-hydroxylation sites is 2. The summed E-state index contributed by atoms with van der Waals surface area (Å²) >= 11 is 0. The van der Waals surface area contributed by atoms with Crippen molar-refractivity contribution in [2.45, 2.75) is 20.8 Å². The van der Waals surface area contributed by atoms with Gasteiger partial charge < -0.3 is 4.57 Å². The Labute approximate surface area is 200 Å². The van der Waals surface area contributed by atoms with Crippen LogP contribution in [-0.2, 0) is 0 Å². The lowest BCUT2D eigenvalue weighted by molar-refractivity contribution is 1.18. The molecule has 0 aliphatic rings. The summed E-state index contributed by atoms with van der Waals surface area (Å²) in [5.74, 6) is 0. The van der Waals surface area contributed by atoms with Crippen molar-refractivity contribution >= 4 is 21.8 Å². The van der Waals surface area contributed by atoms with E-state index in [1.54, 1.807) is 0 Å². The molecule has 1 heteroatoms. The zero-order chi connectivity index (χ0) is 23.2. The second kappa shape index (κ2) is 8.04. The van der Waals surface area contributed by atoms with Crippen LogP contribution in [0, 0.1) is 20.8 Å². The lowest BCUT2D eigenvalue weighted by Crippen LogP contribution is -1.94. The van der Waals surface area contributed by atoms with Crippen LogP contribution in [0.1, 0.15) is 16.7 Å². The predicted octanol–water partition coefficient (Wildman–Crippen LogP) is 9.04. The minimum absolute atomic E-state index is 1.19. The third kappa shape index (κ3) is 3.16. The monoisotopic (exact) mass is 437 g/mol. The molecule has 1 aromatic heterocycles. The van der Waals surface area contributed by atoms with E-state index in [4.69, 9.17) is 0 Å². The van der Waals surface area contributed by atoms with E-state index in [0.717, 1.165) is 0 Å². The molecule has 0 N–H and O–H groups in total. The van der Waals surface area contributed by atoms with Crippen LogP contribution >= 0.6 is 0 Å². The largest absolute Gasteiger partial charge is 0.309 e. The Kier molecular flexibility index (Phi) is 4.85. The van der Waals surface area contributed by atoms with Gasteiger partial charge in [0.25, 0.3) is 0 Å². The summed E-state index contributed by atoms with van der Waals surface area (Å²) in [6.45, 7) is 6.67. The average Bonchev–Trinajstić information content (AvgIpc) is 3.20. The number of hydrogen-bond acceptors (Lipinski definition) is 0. The van der Waals surface area contributed by atoms with Crippen molar-refractivity contribution in [1.82, 2.24) is 4.57 Å². The Morgan fingerprint density at radius 3 is 1.94 bits per heavy atom. The van der Waals surface area contributed by atoms with Crippen LogP contribution in [0.15, 0.2) is 109 Å². The minimum atomic E-state index is 1.19. The van der Waals surface area contributed by atoms with Crippen LogP contribution < -0.4 is 0 Å². The molecule has 0 spiro atoms. The molecular formula is C33H27N. The van der Waals surface area contributed by atoms with Gasteiger partial charge >= 0.3 is 0 Å². The molecule has 34 heavy (non-hydrogen) atoms. The molecule has 0 atom stereocenters. The summed E-state index contributed by atoms with van der Waals surface area (Å²) in [5, 5.41) is 2.57. The summed E-state index contributed by atoms with van der Waals surface area (Å²) in [6.07, 6.45) is 0. The molecule has 0 fully saturated rings. The smallest absolute Gasteiger partial charge is 0.0541 e. The van der Waals surface area contributed by atoms with E-state index < -0.39 is 0 Å². The number of rotatable bonds is 3. The van der Waals surface area contributed by atoms with Gasteiger partial charge in [0.15, 0.2) is 0 Å². The molecule has 0 radical (unpaired) electrons. The van der Waals surface area contributed by atoms with Crippen LogP contribution in [-0.4, -0.2) is 4.57 Å². The van der Waals surface area contributed by atoms with Gasteiger partial charge in [-0.15, -0.1) is 0 Å². The summed E-state index contributed by atoms with van der Waals surface area (Å²) in [6, 6.07) is 39.6. The summed E-state index contributed by atoms with van der Waals surface area (Å²) < 4.78 is 2.37. The fraction of sp³-hybridized carbons (Fsp3) is 0.0909. The van der Waals surface area contributed by atoms with Crippen molar-refractivity contribution in [3.63, 3.8) is 0 Å². The maximum Gasteiger partial charge on any atom is 0.0541 e. The maximum atomic E-state index is 2.37. The van der Waals surface area contributed by atoms with E-state index in [1.165, 1.54) is 66.4 Å². The number of benzene rings is 5. The van der Waals surface area contributed by atoms with Crippen LogP contribution in [0.3, 0.4) is 0 Å². The molecule has 5 aromatic carbocycles. The lowest BCUT2D eigenvalue weighted by atomic mass is 9.89. The molecule has 1 nitrogen and oxygen atoms in total. The molecule has 0 aliphatic heterocycles. The van der Waals surface area contributed by atoms with E-state index in [-0.39, 0.29) is 0 Å². The average molecular weight is 438 g/mol. The summed E-state index contributed by atoms with van der Waals surface area (Å²) in [7, 11) is 0. The molecule has 0 aliphatic carbocycles. The number of fused-ring (bicyclic) bond motifs is 3. The molecule has 0 saturated heterocycles. The quantitative estimate of drug-likeness (QED) is 0.260. The molecule has 0 unspecified atom stereocenters. The van der Waals surface area contributed by atoms with Crippen LogP contribution in [0.5, 0.6) is 0 Å². The highest BCUT2D eigenvalue weighted by molar-refractivity contribution is 6.10.